The van der Waals surface area contributed by atoms with Crippen LogP contribution in [0.4, 0.5) is 0 Å². The van der Waals surface area contributed by atoms with Crippen LogP contribution < -0.4 is 4.74 Å². The molecule has 0 radical (unpaired) electrons. The fourth-order valence-electron chi connectivity index (χ4n) is 1.32. The molecule has 6 heteroatoms. The molecule has 1 heterocycles. The summed E-state index contributed by atoms with van der Waals surface area (Å²) in [6.07, 6.45) is 1.29. The lowest BCUT2D eigenvalue weighted by Gasteiger charge is -2.07. The van der Waals surface area contributed by atoms with Gasteiger partial charge in [-0.1, -0.05) is 12.1 Å². The Bertz CT molecular complexity index is 602. The van der Waals surface area contributed by atoms with Gasteiger partial charge in [0.1, 0.15) is 6.61 Å². The van der Waals surface area contributed by atoms with E-state index in [4.69, 9.17) is 4.74 Å². The van der Waals surface area contributed by atoms with Gasteiger partial charge in [-0.15, -0.1) is 0 Å². The van der Waals surface area contributed by atoms with Crippen molar-refractivity contribution in [2.45, 2.75) is 6.92 Å². The first-order valence-electron chi connectivity index (χ1n) is 4.91. The minimum atomic E-state index is -3.44. The highest BCUT2D eigenvalue weighted by molar-refractivity contribution is 8.10. The van der Waals surface area contributed by atoms with Crippen LogP contribution in [0.5, 0.6) is 11.5 Å². The molecule has 0 aromatic heterocycles. The van der Waals surface area contributed by atoms with E-state index in [1.807, 2.05) is 0 Å². The van der Waals surface area contributed by atoms with Gasteiger partial charge in [-0.05, 0) is 19.1 Å². The molecule has 1 aliphatic heterocycles. The number of phenolic OH excluding ortho intramolecular Hbond substituents is 1. The molecule has 0 saturated carbocycles. The van der Waals surface area contributed by atoms with Crippen LogP contribution in [0.1, 0.15) is 6.92 Å². The van der Waals surface area contributed by atoms with Crippen LogP contribution in [-0.2, 0) is 9.84 Å². The van der Waals surface area contributed by atoms with E-state index >= 15 is 0 Å². The Balaban J connectivity index is 2.10. The van der Waals surface area contributed by atoms with E-state index < -0.39 is 9.84 Å². The predicted molar refractivity (Wildman–Crippen MR) is 63.7 cm³/mol. The average Bonchev–Trinajstić information content (AvgIpc) is 2.54. The van der Waals surface area contributed by atoms with Crippen molar-refractivity contribution in [3.63, 3.8) is 0 Å². The fraction of sp³-hybridized carbons (Fsp3) is 0.182. The molecule has 0 aliphatic carbocycles. The van der Waals surface area contributed by atoms with E-state index in [9.17, 15) is 13.5 Å². The molecule has 0 amide bonds. The van der Waals surface area contributed by atoms with Crippen molar-refractivity contribution >= 4 is 14.9 Å². The van der Waals surface area contributed by atoms with Crippen LogP contribution >= 0.6 is 0 Å². The maximum Gasteiger partial charge on any atom is 0.220 e. The SMILES string of the molecule is CC1=CN=C(COc2ccccc2O)S1(=O)=O. The number of benzene rings is 1. The summed E-state index contributed by atoms with van der Waals surface area (Å²) in [4.78, 5) is 3.98. The summed E-state index contributed by atoms with van der Waals surface area (Å²) in [6.45, 7) is 1.29. The normalized spacial score (nSPS) is 17.5. The van der Waals surface area contributed by atoms with Crippen molar-refractivity contribution in [2.75, 3.05) is 6.61 Å². The Morgan fingerprint density at radius 2 is 2.06 bits per heavy atom. The molecule has 0 fully saturated rings. The number of rotatable bonds is 3. The zero-order valence-electron chi connectivity index (χ0n) is 9.12. The number of allylic oxidation sites excluding steroid dienone is 1. The number of phenols is 1. The molecule has 90 valence electrons. The quantitative estimate of drug-likeness (QED) is 0.884. The molecule has 0 atom stereocenters. The average molecular weight is 253 g/mol. The summed E-state index contributed by atoms with van der Waals surface area (Å²) in [5.41, 5.74) is 0. The summed E-state index contributed by atoms with van der Waals surface area (Å²) < 4.78 is 28.5. The Labute approximate surface area is 99.0 Å². The van der Waals surface area contributed by atoms with E-state index in [0.717, 1.165) is 0 Å². The molecule has 0 spiro atoms. The third kappa shape index (κ3) is 2.16. The number of sulfone groups is 1. The highest BCUT2D eigenvalue weighted by atomic mass is 32.2. The van der Waals surface area contributed by atoms with E-state index in [1.165, 1.54) is 19.2 Å². The Morgan fingerprint density at radius 3 is 2.65 bits per heavy atom. The van der Waals surface area contributed by atoms with Gasteiger partial charge >= 0.3 is 0 Å². The van der Waals surface area contributed by atoms with Crippen LogP contribution in [0.2, 0.25) is 0 Å². The van der Waals surface area contributed by atoms with E-state index in [1.54, 1.807) is 18.2 Å². The number of para-hydroxylation sites is 2. The Kier molecular flexibility index (Phi) is 2.89. The van der Waals surface area contributed by atoms with E-state index in [2.05, 4.69) is 4.99 Å². The topological polar surface area (TPSA) is 76.0 Å². The standard InChI is InChI=1S/C11H11NO4S/c1-8-6-12-11(17(8,14)15)7-16-10-5-3-2-4-9(10)13/h2-6,13H,7H2,1H3. The van der Waals surface area contributed by atoms with Gasteiger partial charge in [-0.2, -0.15) is 0 Å². The third-order valence-electron chi connectivity index (χ3n) is 2.34. The summed E-state index contributed by atoms with van der Waals surface area (Å²) in [5, 5.41) is 9.40. The van der Waals surface area contributed by atoms with Crippen molar-refractivity contribution < 1.29 is 18.3 Å². The lowest BCUT2D eigenvalue weighted by atomic mass is 10.3. The molecule has 0 unspecified atom stereocenters. The summed E-state index contributed by atoms with van der Waals surface area (Å²) in [5.74, 6) is 0.197. The molecule has 0 saturated heterocycles. The van der Waals surface area contributed by atoms with Gasteiger partial charge in [0, 0.05) is 6.20 Å². The van der Waals surface area contributed by atoms with Crippen molar-refractivity contribution in [3.8, 4) is 11.5 Å². The van der Waals surface area contributed by atoms with Crippen molar-refractivity contribution in [1.82, 2.24) is 0 Å². The highest BCUT2D eigenvalue weighted by Crippen LogP contribution is 2.25. The minimum Gasteiger partial charge on any atom is -0.504 e. The van der Waals surface area contributed by atoms with Crippen molar-refractivity contribution in [2.24, 2.45) is 4.99 Å². The van der Waals surface area contributed by atoms with Crippen molar-refractivity contribution in [1.29, 1.82) is 0 Å². The molecule has 0 bridgehead atoms. The van der Waals surface area contributed by atoms with Gasteiger partial charge in [-0.25, -0.2) is 13.4 Å². The Morgan fingerprint density at radius 1 is 1.35 bits per heavy atom. The maximum atomic E-state index is 11.7. The minimum absolute atomic E-state index is 0.0341. The Hall–Kier alpha value is -1.82. The van der Waals surface area contributed by atoms with E-state index in [-0.39, 0.29) is 28.1 Å². The summed E-state index contributed by atoms with van der Waals surface area (Å²) >= 11 is 0. The molecule has 17 heavy (non-hydrogen) atoms. The van der Waals surface area contributed by atoms with E-state index in [0.29, 0.717) is 0 Å². The summed E-state index contributed by atoms with van der Waals surface area (Å²) in [6, 6.07) is 6.35. The number of ether oxygens (including phenoxy) is 1. The van der Waals surface area contributed by atoms with Crippen LogP contribution in [0.25, 0.3) is 0 Å². The van der Waals surface area contributed by atoms with Gasteiger partial charge < -0.3 is 9.84 Å². The second-order valence-corrected chi connectivity index (χ2v) is 5.64. The first-order chi connectivity index (χ1) is 8.01. The van der Waals surface area contributed by atoms with Crippen LogP contribution in [0, 0.1) is 0 Å². The largest absolute Gasteiger partial charge is 0.504 e. The molecular formula is C11H11NO4S. The predicted octanol–water partition coefficient (Wildman–Crippen LogP) is 1.46. The monoisotopic (exact) mass is 253 g/mol. The first-order valence-corrected chi connectivity index (χ1v) is 6.39. The smallest absolute Gasteiger partial charge is 0.220 e. The molecule has 5 nitrogen and oxygen atoms in total. The van der Waals surface area contributed by atoms with Gasteiger partial charge in [0.15, 0.2) is 16.5 Å². The van der Waals surface area contributed by atoms with Crippen LogP contribution in [0.15, 0.2) is 40.4 Å². The third-order valence-corrected chi connectivity index (χ3v) is 4.14. The van der Waals surface area contributed by atoms with Gasteiger partial charge in [-0.3, -0.25) is 0 Å². The van der Waals surface area contributed by atoms with Crippen LogP contribution in [-0.4, -0.2) is 25.2 Å². The molecule has 1 aromatic rings. The lowest BCUT2D eigenvalue weighted by Crippen LogP contribution is -2.19. The first kappa shape index (κ1) is 11.7. The second-order valence-electron chi connectivity index (χ2n) is 3.52. The second kappa shape index (κ2) is 4.21. The number of nitrogens with zero attached hydrogens (tertiary/aromatic N) is 1. The van der Waals surface area contributed by atoms with Gasteiger partial charge in [0.05, 0.1) is 4.91 Å². The highest BCUT2D eigenvalue weighted by Gasteiger charge is 2.26. The lowest BCUT2D eigenvalue weighted by molar-refractivity contribution is 0.348. The molecule has 1 N–H and O–H groups in total. The number of aliphatic imine (C=N–C) groups is 1. The zero-order chi connectivity index (χ0) is 12.5. The fourth-order valence-corrected chi connectivity index (χ4v) is 2.29. The molecular weight excluding hydrogens is 242 g/mol. The van der Waals surface area contributed by atoms with Crippen molar-refractivity contribution in [3.05, 3.63) is 35.4 Å². The van der Waals surface area contributed by atoms with Gasteiger partial charge in [0.25, 0.3) is 0 Å². The van der Waals surface area contributed by atoms with Gasteiger partial charge in [0.2, 0.25) is 9.84 Å². The molecule has 1 aliphatic rings. The summed E-state index contributed by atoms with van der Waals surface area (Å²) in [7, 11) is -3.44. The zero-order valence-corrected chi connectivity index (χ0v) is 9.94. The number of aromatic hydroxyl groups is 1. The number of hydrogen-bond acceptors (Lipinski definition) is 5. The maximum absolute atomic E-state index is 11.7. The molecule has 2 rings (SSSR count). The number of hydrogen-bond donors (Lipinski definition) is 1. The molecule has 1 aromatic carbocycles. The van der Waals surface area contributed by atoms with Crippen LogP contribution in [0.3, 0.4) is 0 Å².